The first-order chi connectivity index (χ1) is 5.75. The normalized spacial score (nSPS) is 9.75. The number of nitrogens with two attached hydrogens (primary N) is 1. The van der Waals surface area contributed by atoms with Crippen LogP contribution in [0.1, 0.15) is 16.1 Å². The highest BCUT2D eigenvalue weighted by atomic mass is 16.5. The Kier molecular flexibility index (Phi) is 2.76. The van der Waals surface area contributed by atoms with E-state index >= 15 is 0 Å². The van der Waals surface area contributed by atoms with E-state index < -0.39 is 5.91 Å². The second-order valence-electron chi connectivity index (χ2n) is 2.29. The number of ether oxygens (including phenoxy) is 1. The van der Waals surface area contributed by atoms with Crippen molar-refractivity contribution in [3.05, 3.63) is 29.6 Å². The van der Waals surface area contributed by atoms with Crippen molar-refractivity contribution in [1.29, 1.82) is 0 Å². The number of hydrogen-bond donors (Lipinski definition) is 1. The number of hydrogen-bond acceptors (Lipinski definition) is 3. The number of rotatable bonds is 3. The van der Waals surface area contributed by atoms with Crippen LogP contribution >= 0.6 is 0 Å². The van der Waals surface area contributed by atoms with Gasteiger partial charge in [0.1, 0.15) is 0 Å². The van der Waals surface area contributed by atoms with Crippen LogP contribution in [0.2, 0.25) is 0 Å². The average Bonchev–Trinajstić information content (AvgIpc) is 2.05. The topological polar surface area (TPSA) is 65.2 Å². The number of primary amides is 1. The van der Waals surface area contributed by atoms with Gasteiger partial charge in [0.25, 0.3) is 5.91 Å². The quantitative estimate of drug-likeness (QED) is 0.703. The second-order valence-corrected chi connectivity index (χ2v) is 2.29. The Hall–Kier alpha value is -1.42. The van der Waals surface area contributed by atoms with E-state index in [-0.39, 0.29) is 0 Å². The van der Waals surface area contributed by atoms with Crippen LogP contribution in [0.15, 0.2) is 18.3 Å². The summed E-state index contributed by atoms with van der Waals surface area (Å²) < 4.78 is 4.85. The van der Waals surface area contributed by atoms with Gasteiger partial charge in [-0.1, -0.05) is 0 Å². The van der Waals surface area contributed by atoms with Crippen LogP contribution in [-0.2, 0) is 11.3 Å². The molecule has 0 radical (unpaired) electrons. The molecule has 0 spiro atoms. The molecular weight excluding hydrogens is 156 g/mol. The summed E-state index contributed by atoms with van der Waals surface area (Å²) in [6.45, 7) is 0.305. The van der Waals surface area contributed by atoms with Crippen molar-refractivity contribution in [2.24, 2.45) is 5.73 Å². The van der Waals surface area contributed by atoms with E-state index in [1.165, 1.54) is 0 Å². The molecule has 0 aliphatic heterocycles. The fourth-order valence-electron chi connectivity index (χ4n) is 0.914. The Bertz CT molecular complexity index is 286. The summed E-state index contributed by atoms with van der Waals surface area (Å²) in [4.78, 5) is 14.8. The minimum atomic E-state index is -0.477. The van der Waals surface area contributed by atoms with Gasteiger partial charge in [-0.15, -0.1) is 0 Å². The lowest BCUT2D eigenvalue weighted by molar-refractivity contribution is 0.0994. The van der Waals surface area contributed by atoms with Gasteiger partial charge in [-0.2, -0.15) is 0 Å². The van der Waals surface area contributed by atoms with Gasteiger partial charge in [0.05, 0.1) is 17.9 Å². The molecule has 0 aromatic carbocycles. The van der Waals surface area contributed by atoms with Gasteiger partial charge in [0, 0.05) is 13.3 Å². The number of methoxy groups -OCH3 is 1. The Morgan fingerprint density at radius 1 is 1.75 bits per heavy atom. The first-order valence-electron chi connectivity index (χ1n) is 3.48. The molecule has 0 saturated carbocycles. The monoisotopic (exact) mass is 166 g/mol. The number of aromatic nitrogens is 1. The van der Waals surface area contributed by atoms with Crippen molar-refractivity contribution in [3.8, 4) is 0 Å². The third-order valence-electron chi connectivity index (χ3n) is 1.44. The smallest absolute Gasteiger partial charge is 0.250 e. The Morgan fingerprint density at radius 2 is 2.50 bits per heavy atom. The molecule has 64 valence electrons. The number of nitrogens with zero attached hydrogens (tertiary/aromatic N) is 1. The first-order valence-corrected chi connectivity index (χ1v) is 3.48. The molecule has 4 nitrogen and oxygen atoms in total. The molecule has 0 atom stereocenters. The maximum absolute atomic E-state index is 10.8. The van der Waals surface area contributed by atoms with Gasteiger partial charge in [-0.25, -0.2) is 0 Å². The SMILES string of the molecule is COCc1ncccc1C(N)=O. The number of pyridine rings is 1. The lowest BCUT2D eigenvalue weighted by atomic mass is 10.2. The zero-order valence-corrected chi connectivity index (χ0v) is 6.78. The lowest BCUT2D eigenvalue weighted by Gasteiger charge is -2.02. The predicted octanol–water partition coefficient (Wildman–Crippen LogP) is 0.327. The molecule has 12 heavy (non-hydrogen) atoms. The van der Waals surface area contributed by atoms with Crippen molar-refractivity contribution >= 4 is 5.91 Å². The van der Waals surface area contributed by atoms with Gasteiger partial charge in [-0.3, -0.25) is 9.78 Å². The summed E-state index contributed by atoms with van der Waals surface area (Å²) >= 11 is 0. The molecular formula is C8H10N2O2. The Morgan fingerprint density at radius 3 is 3.08 bits per heavy atom. The number of carbonyl (C=O) groups excluding carboxylic acids is 1. The fourth-order valence-corrected chi connectivity index (χ4v) is 0.914. The zero-order chi connectivity index (χ0) is 8.97. The molecule has 0 unspecified atom stereocenters. The Balaban J connectivity index is 3.00. The zero-order valence-electron chi connectivity index (χ0n) is 6.78. The largest absolute Gasteiger partial charge is 0.378 e. The molecule has 0 bridgehead atoms. The molecule has 1 rings (SSSR count). The molecule has 2 N–H and O–H groups in total. The molecule has 4 heteroatoms. The van der Waals surface area contributed by atoms with Gasteiger partial charge < -0.3 is 10.5 Å². The predicted molar refractivity (Wildman–Crippen MR) is 43.5 cm³/mol. The van der Waals surface area contributed by atoms with Gasteiger partial charge in [0.2, 0.25) is 0 Å². The first kappa shape index (κ1) is 8.67. The van der Waals surface area contributed by atoms with Crippen LogP contribution in [0.5, 0.6) is 0 Å². The van der Waals surface area contributed by atoms with E-state index in [0.717, 1.165) is 0 Å². The molecule has 1 aromatic heterocycles. The highest BCUT2D eigenvalue weighted by Crippen LogP contribution is 2.04. The van der Waals surface area contributed by atoms with E-state index in [1.54, 1.807) is 25.4 Å². The molecule has 0 fully saturated rings. The highest BCUT2D eigenvalue weighted by Gasteiger charge is 2.06. The molecule has 0 aliphatic carbocycles. The summed E-state index contributed by atoms with van der Waals surface area (Å²) in [6, 6.07) is 3.29. The van der Waals surface area contributed by atoms with E-state index in [2.05, 4.69) is 4.98 Å². The lowest BCUT2D eigenvalue weighted by Crippen LogP contribution is -2.14. The second kappa shape index (κ2) is 3.82. The van der Waals surface area contributed by atoms with Crippen LogP contribution in [0.4, 0.5) is 0 Å². The molecule has 1 heterocycles. The maximum atomic E-state index is 10.8. The summed E-state index contributed by atoms with van der Waals surface area (Å²) in [7, 11) is 1.54. The Labute approximate surface area is 70.4 Å². The van der Waals surface area contributed by atoms with Crippen molar-refractivity contribution < 1.29 is 9.53 Å². The molecule has 0 aliphatic rings. The van der Waals surface area contributed by atoms with Gasteiger partial charge in [-0.05, 0) is 12.1 Å². The molecule has 1 aromatic rings. The van der Waals surface area contributed by atoms with Crippen LogP contribution < -0.4 is 5.73 Å². The molecule has 0 saturated heterocycles. The van der Waals surface area contributed by atoms with Crippen molar-refractivity contribution in [2.45, 2.75) is 6.61 Å². The third kappa shape index (κ3) is 1.79. The van der Waals surface area contributed by atoms with E-state index in [4.69, 9.17) is 10.5 Å². The minimum Gasteiger partial charge on any atom is -0.378 e. The van der Waals surface area contributed by atoms with E-state index in [0.29, 0.717) is 17.9 Å². The fraction of sp³-hybridized carbons (Fsp3) is 0.250. The summed E-state index contributed by atoms with van der Waals surface area (Å²) in [5, 5.41) is 0. The van der Waals surface area contributed by atoms with Crippen molar-refractivity contribution in [1.82, 2.24) is 4.98 Å². The van der Waals surface area contributed by atoms with Gasteiger partial charge >= 0.3 is 0 Å². The van der Waals surface area contributed by atoms with Gasteiger partial charge in [0.15, 0.2) is 0 Å². The maximum Gasteiger partial charge on any atom is 0.250 e. The highest BCUT2D eigenvalue weighted by molar-refractivity contribution is 5.93. The van der Waals surface area contributed by atoms with E-state index in [9.17, 15) is 4.79 Å². The van der Waals surface area contributed by atoms with Crippen molar-refractivity contribution in [3.63, 3.8) is 0 Å². The average molecular weight is 166 g/mol. The summed E-state index contributed by atoms with van der Waals surface area (Å²) in [5.41, 5.74) is 6.10. The van der Waals surface area contributed by atoms with Crippen LogP contribution in [0.25, 0.3) is 0 Å². The molecule has 1 amide bonds. The van der Waals surface area contributed by atoms with Crippen LogP contribution in [0.3, 0.4) is 0 Å². The summed E-state index contributed by atoms with van der Waals surface area (Å²) in [5.74, 6) is -0.477. The van der Waals surface area contributed by atoms with E-state index in [1.807, 2.05) is 0 Å². The standard InChI is InChI=1S/C8H10N2O2/c1-12-5-7-6(8(9)11)3-2-4-10-7/h2-4H,5H2,1H3,(H2,9,11). The minimum absolute atomic E-state index is 0.305. The van der Waals surface area contributed by atoms with Crippen LogP contribution in [0, 0.1) is 0 Å². The van der Waals surface area contributed by atoms with Crippen molar-refractivity contribution in [2.75, 3.05) is 7.11 Å². The number of amides is 1. The number of carbonyl (C=O) groups is 1. The summed E-state index contributed by atoms with van der Waals surface area (Å²) in [6.07, 6.45) is 1.60. The third-order valence-corrected chi connectivity index (χ3v) is 1.44. The van der Waals surface area contributed by atoms with Crippen LogP contribution in [-0.4, -0.2) is 18.0 Å².